The molecule has 6 nitrogen and oxygen atoms in total. The zero-order valence-electron chi connectivity index (χ0n) is 12.8. The minimum absolute atomic E-state index is 0. The monoisotopic (exact) mass is 333 g/mol. The summed E-state index contributed by atoms with van der Waals surface area (Å²) in [6.07, 6.45) is 1.14. The fourth-order valence-electron chi connectivity index (χ4n) is 1.95. The average molecular weight is 333 g/mol. The van der Waals surface area contributed by atoms with Crippen LogP contribution in [0.3, 0.4) is 0 Å². The number of carboxylic acids is 1. The number of benzene rings is 1. The summed E-state index contributed by atoms with van der Waals surface area (Å²) in [5.41, 5.74) is 0.872. The van der Waals surface area contributed by atoms with Gasteiger partial charge < -0.3 is 19.3 Å². The molecular formula is C18H23NO5. The van der Waals surface area contributed by atoms with Gasteiger partial charge in [-0.05, 0) is 23.8 Å². The highest BCUT2D eigenvalue weighted by Gasteiger charge is 2.16. The molecular weight excluding hydrogens is 310 g/mol. The van der Waals surface area contributed by atoms with E-state index in [-0.39, 0.29) is 7.43 Å². The maximum absolute atomic E-state index is 10.9. The standard InChI is InChI=1S/C17H19NO5.CH4/c1-21-15(17(19)20)12-13-5-7-14(8-6-13)22-10-11-23-16-4-2-3-9-18-16;/h2-9,15H,10-12H2,1H3,(H,19,20);1H4/t15-;/m0./s1. The fourth-order valence-corrected chi connectivity index (χ4v) is 1.95. The van der Waals surface area contributed by atoms with Crippen molar-refractivity contribution >= 4 is 5.97 Å². The van der Waals surface area contributed by atoms with Crippen LogP contribution in [0, 0.1) is 0 Å². The summed E-state index contributed by atoms with van der Waals surface area (Å²) >= 11 is 0. The number of hydrogen-bond donors (Lipinski definition) is 1. The predicted molar refractivity (Wildman–Crippen MR) is 90.5 cm³/mol. The van der Waals surface area contributed by atoms with Gasteiger partial charge in [-0.3, -0.25) is 0 Å². The number of rotatable bonds is 9. The third kappa shape index (κ3) is 6.26. The van der Waals surface area contributed by atoms with E-state index < -0.39 is 12.1 Å². The second kappa shape index (κ2) is 10.2. The van der Waals surface area contributed by atoms with Crippen LogP contribution in [0.5, 0.6) is 11.6 Å². The van der Waals surface area contributed by atoms with Gasteiger partial charge in [-0.25, -0.2) is 9.78 Å². The highest BCUT2D eigenvalue weighted by atomic mass is 16.5. The van der Waals surface area contributed by atoms with Crippen molar-refractivity contribution in [2.24, 2.45) is 0 Å². The lowest BCUT2D eigenvalue weighted by atomic mass is 10.1. The van der Waals surface area contributed by atoms with E-state index in [1.165, 1.54) is 7.11 Å². The summed E-state index contributed by atoms with van der Waals surface area (Å²) in [4.78, 5) is 15.0. The average Bonchev–Trinajstić information content (AvgIpc) is 2.58. The van der Waals surface area contributed by atoms with Crippen LogP contribution in [0.4, 0.5) is 0 Å². The van der Waals surface area contributed by atoms with Gasteiger partial charge in [0.05, 0.1) is 0 Å². The van der Waals surface area contributed by atoms with Gasteiger partial charge in [-0.2, -0.15) is 0 Å². The Hall–Kier alpha value is -2.60. The summed E-state index contributed by atoms with van der Waals surface area (Å²) in [5.74, 6) is 0.285. The van der Waals surface area contributed by atoms with Gasteiger partial charge in [0.1, 0.15) is 19.0 Å². The smallest absolute Gasteiger partial charge is 0.333 e. The van der Waals surface area contributed by atoms with E-state index in [1.54, 1.807) is 24.4 Å². The number of carbonyl (C=O) groups is 1. The molecule has 0 saturated carbocycles. The van der Waals surface area contributed by atoms with E-state index >= 15 is 0 Å². The summed E-state index contributed by atoms with van der Waals surface area (Å²) < 4.78 is 15.9. The van der Waals surface area contributed by atoms with Crippen molar-refractivity contribution in [2.45, 2.75) is 20.0 Å². The van der Waals surface area contributed by atoms with E-state index in [9.17, 15) is 4.79 Å². The van der Waals surface area contributed by atoms with Gasteiger partial charge in [-0.15, -0.1) is 0 Å². The minimum atomic E-state index is -0.973. The lowest BCUT2D eigenvalue weighted by Crippen LogP contribution is -2.24. The third-order valence-electron chi connectivity index (χ3n) is 3.14. The fraction of sp³-hybridized carbons (Fsp3) is 0.333. The topological polar surface area (TPSA) is 77.9 Å². The number of methoxy groups -OCH3 is 1. The summed E-state index contributed by atoms with van der Waals surface area (Å²) in [5, 5.41) is 8.96. The first kappa shape index (κ1) is 19.4. The molecule has 2 aromatic rings. The molecule has 0 unspecified atom stereocenters. The second-order valence-electron chi connectivity index (χ2n) is 4.78. The molecule has 0 aliphatic rings. The molecule has 0 spiro atoms. The number of ether oxygens (including phenoxy) is 3. The normalized spacial score (nSPS) is 11.2. The van der Waals surface area contributed by atoms with Crippen LogP contribution in [0.1, 0.15) is 13.0 Å². The maximum Gasteiger partial charge on any atom is 0.333 e. The number of aliphatic carboxylic acids is 1. The molecule has 130 valence electrons. The molecule has 0 bridgehead atoms. The Morgan fingerprint density at radius 3 is 2.42 bits per heavy atom. The highest BCUT2D eigenvalue weighted by molar-refractivity contribution is 5.72. The number of nitrogens with zero attached hydrogens (tertiary/aromatic N) is 1. The van der Waals surface area contributed by atoms with E-state index in [1.807, 2.05) is 24.3 Å². The van der Waals surface area contributed by atoms with Gasteiger partial charge >= 0.3 is 5.97 Å². The maximum atomic E-state index is 10.9. The van der Waals surface area contributed by atoms with Gasteiger partial charge in [0.15, 0.2) is 6.10 Å². The highest BCUT2D eigenvalue weighted by Crippen LogP contribution is 2.14. The molecule has 0 amide bonds. The van der Waals surface area contributed by atoms with Gasteiger partial charge in [0.25, 0.3) is 0 Å². The molecule has 1 heterocycles. The first-order valence-electron chi connectivity index (χ1n) is 7.20. The Morgan fingerprint density at radius 2 is 1.83 bits per heavy atom. The van der Waals surface area contributed by atoms with Crippen molar-refractivity contribution in [1.29, 1.82) is 0 Å². The lowest BCUT2D eigenvalue weighted by molar-refractivity contribution is -0.148. The summed E-state index contributed by atoms with van der Waals surface area (Å²) in [6, 6.07) is 12.7. The summed E-state index contributed by atoms with van der Waals surface area (Å²) in [7, 11) is 1.39. The van der Waals surface area contributed by atoms with Crippen LogP contribution < -0.4 is 9.47 Å². The van der Waals surface area contributed by atoms with E-state index in [4.69, 9.17) is 19.3 Å². The Bertz CT molecular complexity index is 601. The van der Waals surface area contributed by atoms with Crippen molar-refractivity contribution in [3.8, 4) is 11.6 Å². The molecule has 0 aliphatic heterocycles. The van der Waals surface area contributed by atoms with Crippen molar-refractivity contribution in [2.75, 3.05) is 20.3 Å². The Balaban J connectivity index is 0.00000288. The lowest BCUT2D eigenvalue weighted by Gasteiger charge is -2.11. The van der Waals surface area contributed by atoms with Crippen LogP contribution in [0.2, 0.25) is 0 Å². The van der Waals surface area contributed by atoms with Crippen LogP contribution in [0.25, 0.3) is 0 Å². The quantitative estimate of drug-likeness (QED) is 0.711. The van der Waals surface area contributed by atoms with E-state index in [0.29, 0.717) is 31.3 Å². The van der Waals surface area contributed by atoms with Crippen LogP contribution in [-0.4, -0.2) is 42.5 Å². The van der Waals surface area contributed by atoms with E-state index in [2.05, 4.69) is 4.98 Å². The molecule has 1 aromatic heterocycles. The first-order chi connectivity index (χ1) is 11.2. The van der Waals surface area contributed by atoms with Gasteiger partial charge in [-0.1, -0.05) is 25.6 Å². The Kier molecular flexibility index (Phi) is 8.29. The molecule has 1 aromatic carbocycles. The van der Waals surface area contributed by atoms with Crippen LogP contribution in [-0.2, 0) is 16.0 Å². The molecule has 0 fully saturated rings. The molecule has 0 radical (unpaired) electrons. The van der Waals surface area contributed by atoms with Crippen molar-refractivity contribution < 1.29 is 24.1 Å². The molecule has 2 rings (SSSR count). The number of carboxylic acid groups (broad SMARTS) is 1. The third-order valence-corrected chi connectivity index (χ3v) is 3.14. The SMILES string of the molecule is C.CO[C@@H](Cc1ccc(OCCOc2ccccn2)cc1)C(=O)O. The predicted octanol–water partition coefficient (Wildman–Crippen LogP) is 2.82. The Labute approximate surface area is 142 Å². The number of pyridine rings is 1. The van der Waals surface area contributed by atoms with Crippen LogP contribution in [0.15, 0.2) is 48.7 Å². The zero-order valence-corrected chi connectivity index (χ0v) is 12.8. The molecule has 6 heteroatoms. The largest absolute Gasteiger partial charge is 0.490 e. The molecule has 0 aliphatic carbocycles. The van der Waals surface area contributed by atoms with Crippen molar-refractivity contribution in [1.82, 2.24) is 4.98 Å². The zero-order chi connectivity index (χ0) is 16.5. The second-order valence-corrected chi connectivity index (χ2v) is 4.78. The number of hydrogen-bond acceptors (Lipinski definition) is 5. The van der Waals surface area contributed by atoms with E-state index in [0.717, 1.165) is 5.56 Å². The van der Waals surface area contributed by atoms with Crippen molar-refractivity contribution in [3.63, 3.8) is 0 Å². The molecule has 1 N–H and O–H groups in total. The van der Waals surface area contributed by atoms with Crippen LogP contribution >= 0.6 is 0 Å². The number of aromatic nitrogens is 1. The minimum Gasteiger partial charge on any atom is -0.490 e. The molecule has 1 atom stereocenters. The molecule has 24 heavy (non-hydrogen) atoms. The Morgan fingerprint density at radius 1 is 1.12 bits per heavy atom. The summed E-state index contributed by atoms with van der Waals surface area (Å²) in [6.45, 7) is 0.787. The van der Waals surface area contributed by atoms with Gasteiger partial charge in [0, 0.05) is 25.8 Å². The van der Waals surface area contributed by atoms with Gasteiger partial charge in [0.2, 0.25) is 5.88 Å². The molecule has 0 saturated heterocycles. The first-order valence-corrected chi connectivity index (χ1v) is 7.20. The van der Waals surface area contributed by atoms with Crippen molar-refractivity contribution in [3.05, 3.63) is 54.2 Å².